The predicted octanol–water partition coefficient (Wildman–Crippen LogP) is -1.69. The van der Waals surface area contributed by atoms with Crippen molar-refractivity contribution in [2.24, 2.45) is 5.73 Å². The molecule has 3 rings (SSSR count). The zero-order valence-corrected chi connectivity index (χ0v) is 21.3. The molecule has 36 heavy (non-hydrogen) atoms. The molecule has 0 spiro atoms. The summed E-state index contributed by atoms with van der Waals surface area (Å²) in [4.78, 5) is 61.4. The maximum atomic E-state index is 13.2. The van der Waals surface area contributed by atoms with Gasteiger partial charge < -0.3 is 31.3 Å². The fourth-order valence-electron chi connectivity index (χ4n) is 3.46. The number of tetrazole rings is 1. The first-order valence-electron chi connectivity index (χ1n) is 10.1. The van der Waals surface area contributed by atoms with Gasteiger partial charge in [-0.1, -0.05) is 18.7 Å². The van der Waals surface area contributed by atoms with Crippen LogP contribution < -0.4 is 16.4 Å². The van der Waals surface area contributed by atoms with E-state index < -0.39 is 52.8 Å². The van der Waals surface area contributed by atoms with Crippen molar-refractivity contribution in [3.05, 3.63) is 11.3 Å². The first kappa shape index (κ1) is 27.6. The number of aliphatic carboxylic acids is 2. The lowest BCUT2D eigenvalue weighted by Gasteiger charge is -2.56. The van der Waals surface area contributed by atoms with Crippen LogP contribution in [0.1, 0.15) is 6.92 Å². The SMILES string of the molecule is CCSC(NC(N)=O)C(=O)N[C@]1(OC)C(=O)N2C(C(=O)O)=C(CSc3nnnn3CC(=O)O)CS[C@H]21. The van der Waals surface area contributed by atoms with Crippen molar-refractivity contribution in [1.29, 1.82) is 0 Å². The number of nitrogens with one attached hydrogen (secondary N) is 2. The van der Waals surface area contributed by atoms with Crippen molar-refractivity contribution in [3.63, 3.8) is 0 Å². The molecule has 0 bridgehead atoms. The van der Waals surface area contributed by atoms with E-state index in [4.69, 9.17) is 15.6 Å². The molecule has 0 aliphatic carbocycles. The normalized spacial score (nSPS) is 21.9. The number of carbonyl (C=O) groups is 5. The summed E-state index contributed by atoms with van der Waals surface area (Å²) in [5.41, 5.74) is 3.38. The van der Waals surface area contributed by atoms with Crippen LogP contribution in [0.5, 0.6) is 0 Å². The lowest BCUT2D eigenvalue weighted by atomic mass is 9.98. The number of carboxylic acids is 2. The average Bonchev–Trinajstić information content (AvgIpc) is 3.25. The highest BCUT2D eigenvalue weighted by molar-refractivity contribution is 8.01. The number of ether oxygens (including phenoxy) is 1. The number of nitrogens with two attached hydrogens (primary N) is 1. The highest BCUT2D eigenvalue weighted by Crippen LogP contribution is 2.47. The minimum atomic E-state index is -1.85. The highest BCUT2D eigenvalue weighted by atomic mass is 32.2. The largest absolute Gasteiger partial charge is 0.480 e. The van der Waals surface area contributed by atoms with E-state index in [9.17, 15) is 29.1 Å². The van der Waals surface area contributed by atoms with E-state index in [2.05, 4.69) is 26.2 Å². The number of thioether (sulfide) groups is 3. The van der Waals surface area contributed by atoms with Gasteiger partial charge in [0.25, 0.3) is 17.5 Å². The quantitative estimate of drug-likeness (QED) is 0.109. The van der Waals surface area contributed by atoms with Crippen LogP contribution >= 0.6 is 35.3 Å². The number of β-lactam (4-membered cyclic amide) rings is 1. The van der Waals surface area contributed by atoms with Crippen LogP contribution in [0.3, 0.4) is 0 Å². The molecule has 196 valence electrons. The molecule has 1 aromatic heterocycles. The molecule has 2 aliphatic rings. The molecule has 16 nitrogen and oxygen atoms in total. The molecule has 0 radical (unpaired) electrons. The maximum Gasteiger partial charge on any atom is 0.352 e. The van der Waals surface area contributed by atoms with Crippen molar-refractivity contribution in [3.8, 4) is 0 Å². The van der Waals surface area contributed by atoms with Crippen LogP contribution in [-0.2, 0) is 30.5 Å². The molecule has 6 N–H and O–H groups in total. The van der Waals surface area contributed by atoms with Crippen LogP contribution in [-0.4, -0.2) is 106 Å². The Kier molecular flexibility index (Phi) is 8.69. The van der Waals surface area contributed by atoms with E-state index in [0.717, 1.165) is 33.1 Å². The minimum absolute atomic E-state index is 0.0647. The number of carboxylic acid groups (broad SMARTS) is 2. The number of primary amides is 1. The third-order valence-corrected chi connectivity index (χ3v) is 8.36. The fourth-order valence-corrected chi connectivity index (χ4v) is 6.66. The topological polar surface area (TPSA) is 232 Å². The molecule has 1 fully saturated rings. The number of rotatable bonds is 12. The summed E-state index contributed by atoms with van der Waals surface area (Å²) in [5, 5.41) is 32.6. The third kappa shape index (κ3) is 5.37. The summed E-state index contributed by atoms with van der Waals surface area (Å²) < 4.78 is 6.44. The van der Waals surface area contributed by atoms with Crippen LogP contribution in [0.2, 0.25) is 0 Å². The summed E-state index contributed by atoms with van der Waals surface area (Å²) in [7, 11) is 1.21. The Labute approximate surface area is 216 Å². The maximum absolute atomic E-state index is 13.2. The van der Waals surface area contributed by atoms with Gasteiger partial charge in [-0.15, -0.1) is 28.6 Å². The molecular weight excluding hydrogens is 540 g/mol. The van der Waals surface area contributed by atoms with E-state index in [1.54, 1.807) is 6.92 Å². The van der Waals surface area contributed by atoms with Crippen molar-refractivity contribution >= 4 is 65.1 Å². The number of aromatic nitrogens is 4. The Bertz CT molecular complexity index is 1110. The standard InChI is InChI=1S/C17H22N8O8S3/c1-3-34-11(19-15(18)32)10(28)20-17(33-2)13(31)25-9(12(29)30)7(5-35-14(17)25)6-36-16-21-22-23-24(16)4-8(26)27/h11,14H,3-6H2,1-2H3,(H,20,28)(H,26,27)(H,29,30)(H3,18,19,32)/t11?,14-,17-/m0/s1. The number of urea groups is 1. The summed E-state index contributed by atoms with van der Waals surface area (Å²) in [5.74, 6) is -3.36. The Morgan fingerprint density at radius 3 is 2.67 bits per heavy atom. The van der Waals surface area contributed by atoms with Gasteiger partial charge in [-0.05, 0) is 21.8 Å². The molecule has 1 saturated heterocycles. The summed E-state index contributed by atoms with van der Waals surface area (Å²) in [6.07, 6.45) is 0. The lowest BCUT2D eigenvalue weighted by molar-refractivity contribution is -0.192. The van der Waals surface area contributed by atoms with Gasteiger partial charge in [0.05, 0.1) is 0 Å². The minimum Gasteiger partial charge on any atom is -0.480 e. The smallest absolute Gasteiger partial charge is 0.352 e. The second-order valence-electron chi connectivity index (χ2n) is 7.17. The first-order valence-corrected chi connectivity index (χ1v) is 13.2. The predicted molar refractivity (Wildman–Crippen MR) is 126 cm³/mol. The summed E-state index contributed by atoms with van der Waals surface area (Å²) in [6, 6.07) is -0.927. The molecule has 0 aromatic carbocycles. The Morgan fingerprint density at radius 1 is 1.36 bits per heavy atom. The second-order valence-corrected chi connectivity index (χ2v) is 10.6. The molecule has 1 aromatic rings. The van der Waals surface area contributed by atoms with E-state index in [1.807, 2.05) is 0 Å². The van der Waals surface area contributed by atoms with E-state index in [1.165, 1.54) is 18.9 Å². The van der Waals surface area contributed by atoms with Gasteiger partial charge >= 0.3 is 18.0 Å². The van der Waals surface area contributed by atoms with Crippen LogP contribution in [0.25, 0.3) is 0 Å². The van der Waals surface area contributed by atoms with Gasteiger partial charge in [-0.25, -0.2) is 14.3 Å². The van der Waals surface area contributed by atoms with Gasteiger partial charge in [0, 0.05) is 18.6 Å². The van der Waals surface area contributed by atoms with Crippen LogP contribution in [0, 0.1) is 0 Å². The van der Waals surface area contributed by atoms with Gasteiger partial charge in [0.1, 0.15) is 17.6 Å². The number of fused-ring (bicyclic) bond motifs is 1. The van der Waals surface area contributed by atoms with E-state index in [-0.39, 0.29) is 22.4 Å². The van der Waals surface area contributed by atoms with Crippen LogP contribution in [0.15, 0.2) is 16.4 Å². The highest BCUT2D eigenvalue weighted by Gasteiger charge is 2.66. The molecule has 19 heteroatoms. The molecule has 1 unspecified atom stereocenters. The number of hydrogen-bond acceptors (Lipinski definition) is 12. The van der Waals surface area contributed by atoms with Crippen molar-refractivity contribution in [2.45, 2.75) is 35.1 Å². The van der Waals surface area contributed by atoms with E-state index in [0.29, 0.717) is 11.3 Å². The number of methoxy groups -OCH3 is 1. The zero-order chi connectivity index (χ0) is 26.6. The lowest BCUT2D eigenvalue weighted by Crippen LogP contribution is -2.81. The first-order chi connectivity index (χ1) is 17.0. The van der Waals surface area contributed by atoms with Crippen LogP contribution in [0.4, 0.5) is 4.79 Å². The average molecular weight is 563 g/mol. The van der Waals surface area contributed by atoms with Gasteiger partial charge in [0.15, 0.2) is 5.37 Å². The monoisotopic (exact) mass is 562 g/mol. The van der Waals surface area contributed by atoms with Gasteiger partial charge in [-0.3, -0.25) is 19.3 Å². The van der Waals surface area contributed by atoms with Crippen molar-refractivity contribution in [2.75, 3.05) is 24.4 Å². The number of nitrogens with zero attached hydrogens (tertiary/aromatic N) is 5. The number of hydrogen-bond donors (Lipinski definition) is 5. The molecule has 3 heterocycles. The van der Waals surface area contributed by atoms with Crippen molar-refractivity contribution < 1.29 is 38.9 Å². The van der Waals surface area contributed by atoms with Gasteiger partial charge in [-0.2, -0.15) is 0 Å². The van der Waals surface area contributed by atoms with Crippen molar-refractivity contribution in [1.82, 2.24) is 35.7 Å². The molecule has 2 aliphatic heterocycles. The molecule has 3 atom stereocenters. The fraction of sp³-hybridized carbons (Fsp3) is 0.529. The number of carbonyl (C=O) groups excluding carboxylic acids is 3. The molecule has 4 amide bonds. The summed E-state index contributed by atoms with van der Waals surface area (Å²) >= 11 is 3.26. The third-order valence-electron chi connectivity index (χ3n) is 4.95. The van der Waals surface area contributed by atoms with Gasteiger partial charge in [0.2, 0.25) is 5.16 Å². The Morgan fingerprint density at radius 2 is 2.08 bits per heavy atom. The number of amides is 4. The molecular formula is C17H22N8O8S3. The summed E-state index contributed by atoms with van der Waals surface area (Å²) in [6.45, 7) is 1.29. The molecule has 0 saturated carbocycles. The Balaban J connectivity index is 1.81. The zero-order valence-electron chi connectivity index (χ0n) is 18.9. The second kappa shape index (κ2) is 11.4. The Hall–Kier alpha value is -3.03. The van der Waals surface area contributed by atoms with E-state index >= 15 is 0 Å².